The first-order valence-corrected chi connectivity index (χ1v) is 10.8. The van der Waals surface area contributed by atoms with Crippen LogP contribution in [0.15, 0.2) is 4.52 Å². The van der Waals surface area contributed by atoms with Crippen molar-refractivity contribution in [1.29, 1.82) is 0 Å². The number of rotatable bonds is 6. The highest BCUT2D eigenvalue weighted by Crippen LogP contribution is 2.42. The number of alkyl halides is 3. The number of aliphatic carboxylic acids is 1. The van der Waals surface area contributed by atoms with Gasteiger partial charge in [-0.05, 0) is 32.6 Å². The second-order valence-electron chi connectivity index (χ2n) is 8.92. The van der Waals surface area contributed by atoms with Crippen LogP contribution >= 0.6 is 0 Å². The Labute approximate surface area is 185 Å². The van der Waals surface area contributed by atoms with Gasteiger partial charge in [-0.25, -0.2) is 4.79 Å². The maximum absolute atomic E-state index is 10.6. The molecule has 0 bridgehead atoms. The summed E-state index contributed by atoms with van der Waals surface area (Å²) in [7, 11) is 0. The zero-order valence-corrected chi connectivity index (χ0v) is 18.4. The van der Waals surface area contributed by atoms with Gasteiger partial charge in [0.15, 0.2) is 0 Å². The van der Waals surface area contributed by atoms with Gasteiger partial charge in [0.2, 0.25) is 0 Å². The summed E-state index contributed by atoms with van der Waals surface area (Å²) in [5.74, 6) is -0.587. The van der Waals surface area contributed by atoms with E-state index in [9.17, 15) is 13.2 Å². The second kappa shape index (κ2) is 10.5. The molecule has 0 aromatic carbocycles. The number of likely N-dealkylation sites (tertiary alicyclic amines) is 1. The number of hydrogen-bond donors (Lipinski definition) is 1. The fourth-order valence-corrected chi connectivity index (χ4v) is 4.56. The van der Waals surface area contributed by atoms with Crippen molar-refractivity contribution in [3.8, 4) is 0 Å². The molecule has 32 heavy (non-hydrogen) atoms. The van der Waals surface area contributed by atoms with Gasteiger partial charge in [-0.1, -0.05) is 5.16 Å². The van der Waals surface area contributed by atoms with E-state index in [0.29, 0.717) is 11.8 Å². The Kier molecular flexibility index (Phi) is 8.18. The van der Waals surface area contributed by atoms with Crippen LogP contribution in [0.25, 0.3) is 0 Å². The summed E-state index contributed by atoms with van der Waals surface area (Å²) >= 11 is 0. The molecule has 0 amide bonds. The first kappa shape index (κ1) is 24.9. The van der Waals surface area contributed by atoms with Crippen LogP contribution in [-0.2, 0) is 25.5 Å². The van der Waals surface area contributed by atoms with E-state index in [1.165, 1.54) is 5.56 Å². The van der Waals surface area contributed by atoms with E-state index < -0.39 is 12.1 Å². The summed E-state index contributed by atoms with van der Waals surface area (Å²) < 4.78 is 54.5. The van der Waals surface area contributed by atoms with Crippen molar-refractivity contribution in [2.45, 2.75) is 39.4 Å². The number of aryl methyl sites for hydroxylation is 2. The maximum atomic E-state index is 10.6. The standard InChI is InChI=1S/C19H30N2O4.C2HF3O2/c1-14-18(15(2)25-20-14)8-21-7-17-10-24-13-19(17,11-21)12-23-9-16-3-5-22-6-4-16;3-2(4,5)1(6)7/h16-17H,3-13H2,1-2H3;(H,6,7)/t17-,19-;/m1./s1. The van der Waals surface area contributed by atoms with Crippen LogP contribution in [0.1, 0.15) is 29.9 Å². The Morgan fingerprint density at radius 3 is 2.56 bits per heavy atom. The molecule has 4 heterocycles. The van der Waals surface area contributed by atoms with Gasteiger partial charge < -0.3 is 23.8 Å². The van der Waals surface area contributed by atoms with E-state index in [2.05, 4.69) is 10.1 Å². The molecule has 11 heteroatoms. The Morgan fingerprint density at radius 2 is 1.97 bits per heavy atom. The molecule has 4 rings (SSSR count). The van der Waals surface area contributed by atoms with Gasteiger partial charge in [-0.2, -0.15) is 13.2 Å². The number of carbonyl (C=O) groups is 1. The third-order valence-corrected chi connectivity index (χ3v) is 6.48. The molecule has 0 radical (unpaired) electrons. The molecule has 3 saturated heterocycles. The zero-order valence-electron chi connectivity index (χ0n) is 18.4. The Balaban J connectivity index is 0.000000360. The van der Waals surface area contributed by atoms with Crippen molar-refractivity contribution < 1.29 is 41.8 Å². The highest BCUT2D eigenvalue weighted by atomic mass is 19.4. The van der Waals surface area contributed by atoms with Gasteiger partial charge in [-0.3, -0.25) is 4.90 Å². The van der Waals surface area contributed by atoms with Gasteiger partial charge in [0.05, 0.1) is 25.5 Å². The summed E-state index contributed by atoms with van der Waals surface area (Å²) in [6.45, 7) is 12.2. The van der Waals surface area contributed by atoms with E-state index in [1.54, 1.807) is 0 Å². The molecule has 0 unspecified atom stereocenters. The largest absolute Gasteiger partial charge is 0.490 e. The highest BCUT2D eigenvalue weighted by molar-refractivity contribution is 5.73. The van der Waals surface area contributed by atoms with Gasteiger partial charge in [-0.15, -0.1) is 0 Å². The smallest absolute Gasteiger partial charge is 0.475 e. The van der Waals surface area contributed by atoms with Crippen molar-refractivity contribution in [2.24, 2.45) is 17.3 Å². The van der Waals surface area contributed by atoms with Crippen molar-refractivity contribution in [3.05, 3.63) is 17.0 Å². The van der Waals surface area contributed by atoms with E-state index in [1.807, 2.05) is 13.8 Å². The lowest BCUT2D eigenvalue weighted by Crippen LogP contribution is -2.36. The van der Waals surface area contributed by atoms with Crippen molar-refractivity contribution in [1.82, 2.24) is 10.1 Å². The molecular formula is C21H31F3N2O6. The molecule has 1 aromatic heterocycles. The molecule has 2 atom stereocenters. The molecule has 8 nitrogen and oxygen atoms in total. The lowest BCUT2D eigenvalue weighted by Gasteiger charge is -2.29. The minimum atomic E-state index is -5.08. The zero-order chi connectivity index (χ0) is 23.4. The second-order valence-corrected chi connectivity index (χ2v) is 8.92. The van der Waals surface area contributed by atoms with E-state index in [-0.39, 0.29) is 5.41 Å². The highest BCUT2D eigenvalue weighted by Gasteiger charge is 2.51. The molecule has 3 aliphatic rings. The number of carboxylic acids is 1. The number of aromatic nitrogens is 1. The van der Waals surface area contributed by atoms with Crippen LogP contribution in [-0.4, -0.2) is 80.0 Å². The van der Waals surface area contributed by atoms with Crippen LogP contribution < -0.4 is 0 Å². The molecule has 0 saturated carbocycles. The number of ether oxygens (including phenoxy) is 3. The van der Waals surface area contributed by atoms with Gasteiger partial charge in [0, 0.05) is 56.4 Å². The van der Waals surface area contributed by atoms with Crippen LogP contribution in [0.4, 0.5) is 13.2 Å². The number of hydrogen-bond acceptors (Lipinski definition) is 7. The Hall–Kier alpha value is -1.69. The normalized spacial score (nSPS) is 26.6. The molecule has 0 aliphatic carbocycles. The quantitative estimate of drug-likeness (QED) is 0.687. The third-order valence-electron chi connectivity index (χ3n) is 6.48. The topological polar surface area (TPSA) is 94.3 Å². The average molecular weight is 464 g/mol. The molecule has 1 aromatic rings. The summed E-state index contributed by atoms with van der Waals surface area (Å²) in [6.07, 6.45) is -2.82. The van der Waals surface area contributed by atoms with Crippen LogP contribution in [0, 0.1) is 31.1 Å². The number of carboxylic acid groups (broad SMARTS) is 1. The predicted molar refractivity (Wildman–Crippen MR) is 106 cm³/mol. The van der Waals surface area contributed by atoms with E-state index >= 15 is 0 Å². The molecule has 1 N–H and O–H groups in total. The van der Waals surface area contributed by atoms with Crippen molar-refractivity contribution in [2.75, 3.05) is 52.7 Å². The lowest BCUT2D eigenvalue weighted by atomic mass is 9.82. The van der Waals surface area contributed by atoms with E-state index in [4.69, 9.17) is 28.6 Å². The molecule has 3 fully saturated rings. The number of halogens is 3. The molecule has 0 spiro atoms. The summed E-state index contributed by atoms with van der Waals surface area (Å²) in [5, 5.41) is 11.2. The minimum absolute atomic E-state index is 0.157. The summed E-state index contributed by atoms with van der Waals surface area (Å²) in [6, 6.07) is 0. The van der Waals surface area contributed by atoms with Gasteiger partial charge in [0.25, 0.3) is 0 Å². The fraction of sp³-hybridized carbons (Fsp3) is 0.810. The van der Waals surface area contributed by atoms with Gasteiger partial charge in [0.1, 0.15) is 5.76 Å². The molecule has 182 valence electrons. The molecular weight excluding hydrogens is 433 g/mol. The monoisotopic (exact) mass is 464 g/mol. The van der Waals surface area contributed by atoms with Crippen molar-refractivity contribution >= 4 is 5.97 Å². The Morgan fingerprint density at radius 1 is 1.28 bits per heavy atom. The number of nitrogens with zero attached hydrogens (tertiary/aromatic N) is 2. The van der Waals surface area contributed by atoms with E-state index in [0.717, 1.165) is 83.6 Å². The SMILES string of the molecule is Cc1noc(C)c1CN1C[C@@H]2COC[C@]2(COCC2CCOCC2)C1.O=C(O)C(F)(F)F. The van der Waals surface area contributed by atoms with Crippen LogP contribution in [0.2, 0.25) is 0 Å². The first-order chi connectivity index (χ1) is 15.1. The maximum Gasteiger partial charge on any atom is 0.490 e. The summed E-state index contributed by atoms with van der Waals surface area (Å²) in [4.78, 5) is 11.4. The fourth-order valence-electron chi connectivity index (χ4n) is 4.56. The third kappa shape index (κ3) is 6.21. The minimum Gasteiger partial charge on any atom is -0.475 e. The molecule has 3 aliphatic heterocycles. The van der Waals surface area contributed by atoms with Crippen LogP contribution in [0.5, 0.6) is 0 Å². The Bertz CT molecular complexity index is 746. The summed E-state index contributed by atoms with van der Waals surface area (Å²) in [5.41, 5.74) is 2.40. The first-order valence-electron chi connectivity index (χ1n) is 10.8. The lowest BCUT2D eigenvalue weighted by molar-refractivity contribution is -0.192. The van der Waals surface area contributed by atoms with Crippen molar-refractivity contribution in [3.63, 3.8) is 0 Å². The number of fused-ring (bicyclic) bond motifs is 1. The average Bonchev–Trinajstić information content (AvgIpc) is 3.36. The van der Waals surface area contributed by atoms with Crippen LogP contribution in [0.3, 0.4) is 0 Å². The predicted octanol–water partition coefficient (Wildman–Crippen LogP) is 2.82. The van der Waals surface area contributed by atoms with Gasteiger partial charge >= 0.3 is 12.1 Å².